The lowest BCUT2D eigenvalue weighted by Gasteiger charge is -2.19. The van der Waals surface area contributed by atoms with Crippen molar-refractivity contribution in [2.24, 2.45) is 0 Å². The van der Waals surface area contributed by atoms with Crippen LogP contribution in [-0.2, 0) is 6.54 Å². The third-order valence-electron chi connectivity index (χ3n) is 2.42. The first-order valence-electron chi connectivity index (χ1n) is 4.84. The standard InChI is InChI=1S/C10H13BrClNS/c11-10-4-3-9(14-10)7-13(6-5-12)8-1-2-8/h3-4,8H,1-2,5-7H2. The SMILES string of the molecule is ClCCN(Cc1ccc(Br)s1)C1CC1. The number of thiophene rings is 1. The van der Waals surface area contributed by atoms with Crippen LogP contribution in [0.2, 0.25) is 0 Å². The van der Waals surface area contributed by atoms with Crippen molar-refractivity contribution in [1.29, 1.82) is 0 Å². The van der Waals surface area contributed by atoms with Crippen LogP contribution in [0.1, 0.15) is 17.7 Å². The summed E-state index contributed by atoms with van der Waals surface area (Å²) in [7, 11) is 0. The molecule has 1 heterocycles. The zero-order chi connectivity index (χ0) is 9.97. The van der Waals surface area contributed by atoms with Crippen LogP contribution in [0.5, 0.6) is 0 Å². The highest BCUT2D eigenvalue weighted by molar-refractivity contribution is 9.11. The predicted molar refractivity (Wildman–Crippen MR) is 66.2 cm³/mol. The van der Waals surface area contributed by atoms with Crippen molar-refractivity contribution in [2.75, 3.05) is 12.4 Å². The van der Waals surface area contributed by atoms with Crippen molar-refractivity contribution in [3.05, 3.63) is 20.8 Å². The number of hydrogen-bond acceptors (Lipinski definition) is 2. The molecule has 0 N–H and O–H groups in total. The van der Waals surface area contributed by atoms with Gasteiger partial charge in [0.15, 0.2) is 0 Å². The molecule has 1 nitrogen and oxygen atoms in total. The second kappa shape index (κ2) is 4.97. The molecule has 0 aromatic carbocycles. The van der Waals surface area contributed by atoms with Gasteiger partial charge in [-0.1, -0.05) is 0 Å². The molecule has 0 atom stereocenters. The molecule has 2 rings (SSSR count). The van der Waals surface area contributed by atoms with Crippen molar-refractivity contribution in [3.8, 4) is 0 Å². The molecule has 4 heteroatoms. The summed E-state index contributed by atoms with van der Waals surface area (Å²) < 4.78 is 1.22. The Balaban J connectivity index is 1.92. The molecule has 1 aliphatic carbocycles. The molecule has 1 aromatic rings. The average molecular weight is 295 g/mol. The van der Waals surface area contributed by atoms with E-state index < -0.39 is 0 Å². The van der Waals surface area contributed by atoms with Crippen molar-refractivity contribution < 1.29 is 0 Å². The Bertz CT molecular complexity index is 298. The first-order valence-corrected chi connectivity index (χ1v) is 6.98. The maximum atomic E-state index is 5.79. The van der Waals surface area contributed by atoms with Gasteiger partial charge in [-0.3, -0.25) is 4.90 Å². The minimum atomic E-state index is 0.739. The lowest BCUT2D eigenvalue weighted by molar-refractivity contribution is 0.273. The first-order chi connectivity index (χ1) is 6.79. The van der Waals surface area contributed by atoms with E-state index in [1.807, 2.05) is 11.3 Å². The molecule has 0 radical (unpaired) electrons. The van der Waals surface area contributed by atoms with Gasteiger partial charge >= 0.3 is 0 Å². The lowest BCUT2D eigenvalue weighted by Crippen LogP contribution is -2.27. The van der Waals surface area contributed by atoms with E-state index in [9.17, 15) is 0 Å². The molecule has 0 bridgehead atoms. The van der Waals surface area contributed by atoms with E-state index in [1.165, 1.54) is 21.5 Å². The van der Waals surface area contributed by atoms with Crippen LogP contribution < -0.4 is 0 Å². The molecule has 1 aliphatic rings. The summed E-state index contributed by atoms with van der Waals surface area (Å²) in [5.74, 6) is 0.739. The molecule has 78 valence electrons. The first kappa shape index (κ1) is 10.9. The Morgan fingerprint density at radius 2 is 2.29 bits per heavy atom. The highest BCUT2D eigenvalue weighted by Crippen LogP contribution is 2.30. The topological polar surface area (TPSA) is 3.24 Å². The lowest BCUT2D eigenvalue weighted by atomic mass is 10.4. The smallest absolute Gasteiger partial charge is 0.0701 e. The molecule has 0 spiro atoms. The third-order valence-corrected chi connectivity index (χ3v) is 4.20. The predicted octanol–water partition coefficient (Wildman–Crippen LogP) is 3.71. The summed E-state index contributed by atoms with van der Waals surface area (Å²) in [6.45, 7) is 2.08. The van der Waals surface area contributed by atoms with Crippen LogP contribution >= 0.6 is 38.9 Å². The summed E-state index contributed by atoms with van der Waals surface area (Å²) in [5, 5.41) is 0. The molecule has 0 unspecified atom stereocenters. The molecule has 1 saturated carbocycles. The van der Waals surface area contributed by atoms with Gasteiger partial charge in [-0.05, 0) is 40.9 Å². The van der Waals surface area contributed by atoms with Crippen LogP contribution in [-0.4, -0.2) is 23.4 Å². The Morgan fingerprint density at radius 3 is 2.79 bits per heavy atom. The molecular weight excluding hydrogens is 282 g/mol. The van der Waals surface area contributed by atoms with E-state index in [0.29, 0.717) is 0 Å². The Morgan fingerprint density at radius 1 is 1.50 bits per heavy atom. The summed E-state index contributed by atoms with van der Waals surface area (Å²) in [4.78, 5) is 3.92. The summed E-state index contributed by atoms with van der Waals surface area (Å²) in [6.07, 6.45) is 2.70. The average Bonchev–Trinajstić information content (AvgIpc) is 2.91. The minimum Gasteiger partial charge on any atom is -0.294 e. The van der Waals surface area contributed by atoms with Gasteiger partial charge in [0.1, 0.15) is 0 Å². The highest BCUT2D eigenvalue weighted by atomic mass is 79.9. The van der Waals surface area contributed by atoms with Crippen molar-refractivity contribution in [1.82, 2.24) is 4.90 Å². The van der Waals surface area contributed by atoms with Gasteiger partial charge in [-0.25, -0.2) is 0 Å². The highest BCUT2D eigenvalue weighted by Gasteiger charge is 2.28. The Hall–Kier alpha value is 0.430. The normalized spacial score (nSPS) is 16.5. The molecule has 1 fully saturated rings. The van der Waals surface area contributed by atoms with Crippen LogP contribution in [0.15, 0.2) is 15.9 Å². The molecular formula is C10H13BrClNS. The number of hydrogen-bond donors (Lipinski definition) is 0. The van der Waals surface area contributed by atoms with Crippen LogP contribution in [0, 0.1) is 0 Å². The fraction of sp³-hybridized carbons (Fsp3) is 0.600. The third kappa shape index (κ3) is 2.96. The monoisotopic (exact) mass is 293 g/mol. The van der Waals surface area contributed by atoms with Crippen LogP contribution in [0.25, 0.3) is 0 Å². The fourth-order valence-corrected chi connectivity index (χ4v) is 3.30. The van der Waals surface area contributed by atoms with E-state index >= 15 is 0 Å². The largest absolute Gasteiger partial charge is 0.294 e. The molecule has 0 aliphatic heterocycles. The van der Waals surface area contributed by atoms with E-state index in [2.05, 4.69) is 33.0 Å². The van der Waals surface area contributed by atoms with Crippen molar-refractivity contribution in [2.45, 2.75) is 25.4 Å². The molecule has 1 aromatic heterocycles. The number of halogens is 2. The number of alkyl halides is 1. The minimum absolute atomic E-state index is 0.739. The summed E-state index contributed by atoms with van der Waals surface area (Å²) in [6, 6.07) is 5.11. The summed E-state index contributed by atoms with van der Waals surface area (Å²) >= 11 is 11.1. The fourth-order valence-electron chi connectivity index (χ4n) is 1.58. The van der Waals surface area contributed by atoms with Gasteiger partial charge in [0, 0.05) is 29.9 Å². The number of rotatable bonds is 5. The molecule has 0 saturated heterocycles. The van der Waals surface area contributed by atoms with Crippen molar-refractivity contribution in [3.63, 3.8) is 0 Å². The van der Waals surface area contributed by atoms with Crippen molar-refractivity contribution >= 4 is 38.9 Å². The zero-order valence-electron chi connectivity index (χ0n) is 7.88. The Labute approximate surface area is 102 Å². The quantitative estimate of drug-likeness (QED) is 0.748. The van der Waals surface area contributed by atoms with E-state index in [-0.39, 0.29) is 0 Å². The van der Waals surface area contributed by atoms with Gasteiger partial charge in [0.05, 0.1) is 3.79 Å². The van der Waals surface area contributed by atoms with Gasteiger partial charge in [0.25, 0.3) is 0 Å². The van der Waals surface area contributed by atoms with Gasteiger partial charge in [-0.15, -0.1) is 22.9 Å². The van der Waals surface area contributed by atoms with Crippen LogP contribution in [0.3, 0.4) is 0 Å². The summed E-state index contributed by atoms with van der Waals surface area (Å²) in [5.41, 5.74) is 0. The molecule has 0 amide bonds. The maximum Gasteiger partial charge on any atom is 0.0701 e. The zero-order valence-corrected chi connectivity index (χ0v) is 11.0. The van der Waals surface area contributed by atoms with Crippen LogP contribution in [0.4, 0.5) is 0 Å². The second-order valence-electron chi connectivity index (χ2n) is 3.60. The maximum absolute atomic E-state index is 5.79. The second-order valence-corrected chi connectivity index (χ2v) is 6.52. The van der Waals surface area contributed by atoms with Gasteiger partial charge in [0.2, 0.25) is 0 Å². The van der Waals surface area contributed by atoms with Gasteiger partial charge < -0.3 is 0 Å². The van der Waals surface area contributed by atoms with Gasteiger partial charge in [-0.2, -0.15) is 0 Å². The Kier molecular flexibility index (Phi) is 3.88. The van der Waals surface area contributed by atoms with E-state index in [4.69, 9.17) is 11.6 Å². The van der Waals surface area contributed by atoms with E-state index in [1.54, 1.807) is 0 Å². The number of nitrogens with zero attached hydrogens (tertiary/aromatic N) is 1. The van der Waals surface area contributed by atoms with E-state index in [0.717, 1.165) is 25.0 Å². The molecule has 14 heavy (non-hydrogen) atoms.